The largest absolute Gasteiger partial charge is 0.261 e. The monoisotopic (exact) mass is 283 g/mol. The molecule has 0 aliphatic rings. The van der Waals surface area contributed by atoms with Crippen molar-refractivity contribution in [2.75, 3.05) is 0 Å². The molecule has 3 aromatic rings. The van der Waals surface area contributed by atoms with E-state index in [0.29, 0.717) is 11.3 Å². The smallest absolute Gasteiger partial charge is 0.220 e. The highest BCUT2D eigenvalue weighted by atomic mass is 32.1. The number of para-hydroxylation sites is 1. The predicted molar refractivity (Wildman–Crippen MR) is 78.1 cm³/mol. The lowest BCUT2D eigenvalue weighted by Crippen LogP contribution is -2.05. The molecule has 2 aromatic heterocycles. The first-order valence-electron chi connectivity index (χ1n) is 6.33. The molecule has 0 unspecified atom stereocenters. The van der Waals surface area contributed by atoms with Crippen molar-refractivity contribution in [3.8, 4) is 5.69 Å². The van der Waals surface area contributed by atoms with Crippen LogP contribution >= 0.6 is 12.2 Å². The number of pyridine rings is 1. The molecule has 0 spiro atoms. The molecule has 0 atom stereocenters. The van der Waals surface area contributed by atoms with Crippen molar-refractivity contribution >= 4 is 12.2 Å². The Kier molecular flexibility index (Phi) is 3.64. The van der Waals surface area contributed by atoms with E-state index in [1.165, 1.54) is 0 Å². The van der Waals surface area contributed by atoms with Gasteiger partial charge in [-0.2, -0.15) is 4.68 Å². The second-order valence-electron chi connectivity index (χ2n) is 4.30. The van der Waals surface area contributed by atoms with Crippen LogP contribution in [0.25, 0.3) is 5.69 Å². The first-order valence-corrected chi connectivity index (χ1v) is 6.73. The van der Waals surface area contributed by atoms with Crippen LogP contribution in [0.2, 0.25) is 0 Å². The summed E-state index contributed by atoms with van der Waals surface area (Å²) in [6.45, 7) is 0.669. The molecule has 0 radical (unpaired) electrons. The standard InChI is InChI=1S/C14H13N5S/c20-14-18(11-9-12-6-4-5-10-15-12)16-17-19(14)13-7-2-1-3-8-13/h1-8,10H,9,11H2. The molecule has 0 aliphatic heterocycles. The normalized spacial score (nSPS) is 10.6. The number of rotatable bonds is 4. The average molecular weight is 283 g/mol. The maximum atomic E-state index is 5.40. The summed E-state index contributed by atoms with van der Waals surface area (Å²) in [5.41, 5.74) is 1.94. The number of hydrogen-bond acceptors (Lipinski definition) is 4. The molecule has 2 heterocycles. The fourth-order valence-electron chi connectivity index (χ4n) is 1.91. The van der Waals surface area contributed by atoms with Gasteiger partial charge in [0, 0.05) is 18.3 Å². The van der Waals surface area contributed by atoms with E-state index in [4.69, 9.17) is 12.2 Å². The summed E-state index contributed by atoms with van der Waals surface area (Å²) in [5.74, 6) is 0. The van der Waals surface area contributed by atoms with Crippen LogP contribution < -0.4 is 0 Å². The minimum atomic E-state index is 0.590. The van der Waals surface area contributed by atoms with E-state index in [1.807, 2.05) is 48.5 Å². The van der Waals surface area contributed by atoms with Gasteiger partial charge >= 0.3 is 0 Å². The predicted octanol–water partition coefficient (Wildman–Crippen LogP) is 2.44. The van der Waals surface area contributed by atoms with E-state index in [0.717, 1.165) is 17.8 Å². The molecule has 0 saturated heterocycles. The Bertz CT molecular complexity index is 733. The van der Waals surface area contributed by atoms with Crippen molar-refractivity contribution in [3.63, 3.8) is 0 Å². The quantitative estimate of drug-likeness (QED) is 0.690. The van der Waals surface area contributed by atoms with Gasteiger partial charge in [0.05, 0.1) is 12.2 Å². The van der Waals surface area contributed by atoms with Crippen molar-refractivity contribution in [2.45, 2.75) is 13.0 Å². The summed E-state index contributed by atoms with van der Waals surface area (Å²) in [6.07, 6.45) is 2.57. The van der Waals surface area contributed by atoms with E-state index < -0.39 is 0 Å². The number of tetrazole rings is 1. The fourth-order valence-corrected chi connectivity index (χ4v) is 2.18. The number of aryl methyl sites for hydroxylation is 2. The summed E-state index contributed by atoms with van der Waals surface area (Å²) in [7, 11) is 0. The lowest BCUT2D eigenvalue weighted by Gasteiger charge is -2.00. The van der Waals surface area contributed by atoms with Gasteiger partial charge in [-0.1, -0.05) is 24.3 Å². The zero-order valence-electron chi connectivity index (χ0n) is 10.8. The van der Waals surface area contributed by atoms with Gasteiger partial charge in [0.15, 0.2) is 0 Å². The molecule has 5 nitrogen and oxygen atoms in total. The summed E-state index contributed by atoms with van der Waals surface area (Å²) in [5, 5.41) is 8.21. The molecule has 0 amide bonds. The van der Waals surface area contributed by atoms with E-state index in [-0.39, 0.29) is 0 Å². The Balaban J connectivity index is 1.80. The molecule has 0 fully saturated rings. The van der Waals surface area contributed by atoms with Crippen LogP contribution in [0.3, 0.4) is 0 Å². The Labute approximate surface area is 121 Å². The summed E-state index contributed by atoms with van der Waals surface area (Å²) in [6, 6.07) is 15.6. The molecule has 0 N–H and O–H groups in total. The van der Waals surface area contributed by atoms with Gasteiger partial charge in [-0.25, -0.2) is 4.68 Å². The second-order valence-corrected chi connectivity index (χ2v) is 4.67. The van der Waals surface area contributed by atoms with Crippen molar-refractivity contribution < 1.29 is 0 Å². The van der Waals surface area contributed by atoms with E-state index in [1.54, 1.807) is 15.6 Å². The van der Waals surface area contributed by atoms with Gasteiger partial charge in [0.2, 0.25) is 4.77 Å². The van der Waals surface area contributed by atoms with E-state index >= 15 is 0 Å². The topological polar surface area (TPSA) is 48.5 Å². The zero-order valence-corrected chi connectivity index (χ0v) is 11.6. The number of benzene rings is 1. The van der Waals surface area contributed by atoms with E-state index in [9.17, 15) is 0 Å². The average Bonchev–Trinajstić information content (AvgIpc) is 2.88. The summed E-state index contributed by atoms with van der Waals surface area (Å²) >= 11 is 5.40. The number of nitrogens with zero attached hydrogens (tertiary/aromatic N) is 5. The van der Waals surface area contributed by atoms with Crippen LogP contribution in [0.15, 0.2) is 54.7 Å². The molecule has 0 aliphatic carbocycles. The molecule has 0 bridgehead atoms. The molecule has 3 rings (SSSR count). The maximum absolute atomic E-state index is 5.40. The molecule has 0 saturated carbocycles. The van der Waals surface area contributed by atoms with Crippen LogP contribution in [0.5, 0.6) is 0 Å². The highest BCUT2D eigenvalue weighted by Gasteiger charge is 2.05. The second kappa shape index (κ2) is 5.75. The minimum Gasteiger partial charge on any atom is -0.261 e. The van der Waals surface area contributed by atoms with Gasteiger partial charge in [-0.3, -0.25) is 4.98 Å². The summed E-state index contributed by atoms with van der Waals surface area (Å²) in [4.78, 5) is 4.29. The third kappa shape index (κ3) is 2.65. The van der Waals surface area contributed by atoms with Crippen LogP contribution in [-0.2, 0) is 13.0 Å². The Morgan fingerprint density at radius 3 is 2.50 bits per heavy atom. The molecule has 1 aromatic carbocycles. The van der Waals surface area contributed by atoms with Crippen LogP contribution in [0.1, 0.15) is 5.69 Å². The molecule has 20 heavy (non-hydrogen) atoms. The first-order chi connectivity index (χ1) is 9.84. The number of hydrogen-bond donors (Lipinski definition) is 0. The number of aromatic nitrogens is 5. The first kappa shape index (κ1) is 12.7. The zero-order chi connectivity index (χ0) is 13.8. The van der Waals surface area contributed by atoms with E-state index in [2.05, 4.69) is 15.4 Å². The highest BCUT2D eigenvalue weighted by Crippen LogP contribution is 2.06. The SMILES string of the molecule is S=c1n(CCc2ccccn2)nnn1-c1ccccc1. The Hall–Kier alpha value is -2.34. The Morgan fingerprint density at radius 1 is 0.950 bits per heavy atom. The maximum Gasteiger partial charge on any atom is 0.220 e. The summed E-state index contributed by atoms with van der Waals surface area (Å²) < 4.78 is 3.97. The minimum absolute atomic E-state index is 0.590. The lowest BCUT2D eigenvalue weighted by atomic mass is 10.3. The van der Waals surface area contributed by atoms with Crippen molar-refractivity contribution in [2.24, 2.45) is 0 Å². The highest BCUT2D eigenvalue weighted by molar-refractivity contribution is 7.71. The van der Waals surface area contributed by atoms with Crippen molar-refractivity contribution in [1.82, 2.24) is 24.8 Å². The third-order valence-electron chi connectivity index (χ3n) is 2.95. The molecule has 100 valence electrons. The van der Waals surface area contributed by atoms with Crippen LogP contribution in [-0.4, -0.2) is 24.8 Å². The van der Waals surface area contributed by atoms with Crippen molar-refractivity contribution in [1.29, 1.82) is 0 Å². The van der Waals surface area contributed by atoms with Crippen LogP contribution in [0, 0.1) is 4.77 Å². The fraction of sp³-hybridized carbons (Fsp3) is 0.143. The van der Waals surface area contributed by atoms with Gasteiger partial charge in [-0.15, -0.1) is 0 Å². The van der Waals surface area contributed by atoms with Gasteiger partial charge in [-0.05, 0) is 46.9 Å². The van der Waals surface area contributed by atoms with Gasteiger partial charge < -0.3 is 0 Å². The Morgan fingerprint density at radius 2 is 1.75 bits per heavy atom. The van der Waals surface area contributed by atoms with Gasteiger partial charge in [0.1, 0.15) is 0 Å². The molecular weight excluding hydrogens is 270 g/mol. The lowest BCUT2D eigenvalue weighted by molar-refractivity contribution is 0.578. The third-order valence-corrected chi connectivity index (χ3v) is 3.33. The van der Waals surface area contributed by atoms with Crippen LogP contribution in [0.4, 0.5) is 0 Å². The van der Waals surface area contributed by atoms with Crippen molar-refractivity contribution in [3.05, 3.63) is 65.2 Å². The molecular formula is C14H13N5S. The molecule has 6 heteroatoms. The van der Waals surface area contributed by atoms with Gasteiger partial charge in [0.25, 0.3) is 0 Å².